The van der Waals surface area contributed by atoms with Gasteiger partial charge in [-0.2, -0.15) is 0 Å². The molecule has 17 heavy (non-hydrogen) atoms. The van der Waals surface area contributed by atoms with Crippen molar-refractivity contribution < 1.29 is 39.5 Å². The van der Waals surface area contributed by atoms with E-state index in [-0.39, 0.29) is 0 Å². The number of rotatable bonds is 3. The lowest BCUT2D eigenvalue weighted by Gasteiger charge is -2.38. The van der Waals surface area contributed by atoms with Crippen molar-refractivity contribution in [2.45, 2.75) is 37.6 Å². The van der Waals surface area contributed by atoms with E-state index in [0.29, 0.717) is 0 Å². The summed E-state index contributed by atoms with van der Waals surface area (Å²) in [6.45, 7) is 0.325. The molecule has 0 unspecified atom stereocenters. The van der Waals surface area contributed by atoms with E-state index in [9.17, 15) is 24.9 Å². The normalized spacial score (nSPS) is 37.6. The van der Waals surface area contributed by atoms with Crippen LogP contribution in [0.3, 0.4) is 0 Å². The van der Waals surface area contributed by atoms with Crippen LogP contribution in [0.2, 0.25) is 0 Å². The van der Waals surface area contributed by atoms with Crippen molar-refractivity contribution in [2.75, 3.05) is 6.61 Å². The van der Waals surface area contributed by atoms with Crippen molar-refractivity contribution in [3.8, 4) is 0 Å². The third-order valence-electron chi connectivity index (χ3n) is 2.36. The Kier molecular flexibility index (Phi) is 4.54. The first kappa shape index (κ1) is 14.0. The van der Waals surface area contributed by atoms with E-state index in [1.54, 1.807) is 0 Å². The van der Waals surface area contributed by atoms with Gasteiger partial charge in [-0.1, -0.05) is 0 Å². The zero-order chi connectivity index (χ0) is 13.2. The highest BCUT2D eigenvalue weighted by Crippen LogP contribution is 2.21. The predicted molar refractivity (Wildman–Crippen MR) is 50.5 cm³/mol. The van der Waals surface area contributed by atoms with Gasteiger partial charge in [0, 0.05) is 6.92 Å². The van der Waals surface area contributed by atoms with Gasteiger partial charge in [-0.25, -0.2) is 4.79 Å². The fourth-order valence-corrected chi connectivity index (χ4v) is 1.35. The van der Waals surface area contributed by atoms with Crippen molar-refractivity contribution in [3.63, 3.8) is 0 Å². The highest BCUT2D eigenvalue weighted by Gasteiger charge is 2.45. The molecule has 0 aromatic rings. The lowest BCUT2D eigenvalue weighted by molar-refractivity contribution is -0.291. The van der Waals surface area contributed by atoms with E-state index in [2.05, 4.69) is 4.74 Å². The molecule has 0 aromatic heterocycles. The molecule has 0 amide bonds. The zero-order valence-corrected chi connectivity index (χ0v) is 9.02. The number of aliphatic hydroxyl groups is 4. The van der Waals surface area contributed by atoms with Crippen LogP contribution in [-0.4, -0.2) is 69.5 Å². The van der Waals surface area contributed by atoms with Gasteiger partial charge in [-0.15, -0.1) is 0 Å². The van der Waals surface area contributed by atoms with E-state index in [4.69, 9.17) is 9.84 Å². The Morgan fingerprint density at radius 1 is 1.18 bits per heavy atom. The summed E-state index contributed by atoms with van der Waals surface area (Å²) >= 11 is 0. The highest BCUT2D eigenvalue weighted by atomic mass is 16.7. The summed E-state index contributed by atoms with van der Waals surface area (Å²) in [4.78, 5) is 21.6. The number of aliphatic hydroxyl groups excluding tert-OH is 4. The minimum absolute atomic E-state index is 0.640. The van der Waals surface area contributed by atoms with Gasteiger partial charge in [-0.3, -0.25) is 4.79 Å². The van der Waals surface area contributed by atoms with Crippen molar-refractivity contribution in [1.29, 1.82) is 0 Å². The van der Waals surface area contributed by atoms with Crippen LogP contribution in [0, 0.1) is 0 Å². The molecular weight excluding hydrogens is 236 g/mol. The molecular formula is C9H14O8. The van der Waals surface area contributed by atoms with Crippen LogP contribution in [0.15, 0.2) is 0 Å². The molecule has 1 fully saturated rings. The molecule has 1 rings (SSSR count). The third kappa shape index (κ3) is 2.99. The molecule has 1 aliphatic heterocycles. The van der Waals surface area contributed by atoms with Crippen molar-refractivity contribution in [1.82, 2.24) is 0 Å². The molecule has 8 heteroatoms. The summed E-state index contributed by atoms with van der Waals surface area (Å²) in [7, 11) is 0. The molecule has 0 spiro atoms. The molecule has 98 valence electrons. The molecule has 4 N–H and O–H groups in total. The Hall–Kier alpha value is -1.06. The van der Waals surface area contributed by atoms with E-state index >= 15 is 0 Å². The molecule has 1 heterocycles. The lowest BCUT2D eigenvalue weighted by atomic mass is 9.99. The number of hydrogen-bond acceptors (Lipinski definition) is 8. The first-order valence-corrected chi connectivity index (χ1v) is 4.90. The maximum Gasteiger partial charge on any atom is 0.376 e. The SMILES string of the molecule is CC(=O)C(=O)O[C@H]1O[C@H](CO)[C@@H](O)[C@H](O)[C@H]1O. The zero-order valence-electron chi connectivity index (χ0n) is 9.02. The second-order valence-corrected chi connectivity index (χ2v) is 3.66. The maximum absolute atomic E-state index is 11.0. The van der Waals surface area contributed by atoms with Crippen LogP contribution in [0.4, 0.5) is 0 Å². The summed E-state index contributed by atoms with van der Waals surface area (Å²) in [5, 5.41) is 37.1. The standard InChI is InChI=1S/C9H14O8/c1-3(11)8(15)17-9-7(14)6(13)5(12)4(2-10)16-9/h4-7,9-10,12-14H,2H2,1H3/t4-,5-,6+,7-,9-/m1/s1. The van der Waals surface area contributed by atoms with Crippen molar-refractivity contribution >= 4 is 11.8 Å². The number of carbonyl (C=O) groups is 2. The fourth-order valence-electron chi connectivity index (χ4n) is 1.35. The van der Waals surface area contributed by atoms with E-state index in [1.807, 2.05) is 0 Å². The Balaban J connectivity index is 2.72. The van der Waals surface area contributed by atoms with Gasteiger partial charge < -0.3 is 29.9 Å². The summed E-state index contributed by atoms with van der Waals surface area (Å²) in [6.07, 6.45) is -7.68. The monoisotopic (exact) mass is 250 g/mol. The quantitative estimate of drug-likeness (QED) is 0.306. The number of esters is 1. The van der Waals surface area contributed by atoms with Crippen LogP contribution in [-0.2, 0) is 19.1 Å². The van der Waals surface area contributed by atoms with Gasteiger partial charge in [0.15, 0.2) is 0 Å². The number of Topliss-reactive ketones (excluding diaryl/α,β-unsaturated/α-hetero) is 1. The summed E-state index contributed by atoms with van der Waals surface area (Å²) < 4.78 is 9.32. The Morgan fingerprint density at radius 3 is 2.24 bits per heavy atom. The minimum Gasteiger partial charge on any atom is -0.427 e. The van der Waals surface area contributed by atoms with Gasteiger partial charge in [0.1, 0.15) is 24.4 Å². The van der Waals surface area contributed by atoms with Crippen LogP contribution in [0.1, 0.15) is 6.92 Å². The van der Waals surface area contributed by atoms with Crippen molar-refractivity contribution in [2.24, 2.45) is 0 Å². The van der Waals surface area contributed by atoms with Gasteiger partial charge >= 0.3 is 5.97 Å². The maximum atomic E-state index is 11.0. The summed E-state index contributed by atoms with van der Waals surface area (Å²) in [5.41, 5.74) is 0. The van der Waals surface area contributed by atoms with Gasteiger partial charge in [0.25, 0.3) is 0 Å². The molecule has 0 bridgehead atoms. The summed E-state index contributed by atoms with van der Waals surface area (Å²) in [6, 6.07) is 0. The first-order valence-electron chi connectivity index (χ1n) is 4.90. The predicted octanol–water partition coefficient (Wildman–Crippen LogP) is -3.08. The average molecular weight is 250 g/mol. The molecule has 0 aliphatic carbocycles. The molecule has 0 saturated carbocycles. The average Bonchev–Trinajstić information content (AvgIpc) is 2.29. The first-order chi connectivity index (χ1) is 7.88. The molecule has 0 aromatic carbocycles. The highest BCUT2D eigenvalue weighted by molar-refractivity contribution is 6.32. The van der Waals surface area contributed by atoms with E-state index in [1.165, 1.54) is 0 Å². The van der Waals surface area contributed by atoms with Crippen LogP contribution >= 0.6 is 0 Å². The molecule has 1 saturated heterocycles. The Bertz CT molecular complexity index is 301. The fraction of sp³-hybridized carbons (Fsp3) is 0.778. The molecule has 0 radical (unpaired) electrons. The van der Waals surface area contributed by atoms with E-state index < -0.39 is 49.1 Å². The third-order valence-corrected chi connectivity index (χ3v) is 2.36. The van der Waals surface area contributed by atoms with E-state index in [0.717, 1.165) is 6.92 Å². The minimum atomic E-state index is -1.70. The smallest absolute Gasteiger partial charge is 0.376 e. The van der Waals surface area contributed by atoms with Gasteiger partial charge in [0.2, 0.25) is 12.1 Å². The van der Waals surface area contributed by atoms with Crippen LogP contribution in [0.5, 0.6) is 0 Å². The topological polar surface area (TPSA) is 134 Å². The molecule has 8 nitrogen and oxygen atoms in total. The van der Waals surface area contributed by atoms with Crippen LogP contribution in [0.25, 0.3) is 0 Å². The van der Waals surface area contributed by atoms with Crippen LogP contribution < -0.4 is 0 Å². The van der Waals surface area contributed by atoms with Gasteiger partial charge in [-0.05, 0) is 0 Å². The Morgan fingerprint density at radius 2 is 1.76 bits per heavy atom. The van der Waals surface area contributed by atoms with Crippen molar-refractivity contribution in [3.05, 3.63) is 0 Å². The molecule has 1 aliphatic rings. The number of carbonyl (C=O) groups excluding carboxylic acids is 2. The lowest BCUT2D eigenvalue weighted by Crippen LogP contribution is -2.59. The number of hydrogen-bond donors (Lipinski definition) is 4. The second kappa shape index (κ2) is 5.52. The van der Waals surface area contributed by atoms with Gasteiger partial charge in [0.05, 0.1) is 6.61 Å². The molecule has 5 atom stereocenters. The largest absolute Gasteiger partial charge is 0.427 e. The Labute approximate surface area is 96.4 Å². The summed E-state index contributed by atoms with van der Waals surface area (Å²) in [5.74, 6) is -2.14. The second-order valence-electron chi connectivity index (χ2n) is 3.66. The number of ether oxygens (including phenoxy) is 2. The number of ketones is 1.